The van der Waals surface area contributed by atoms with Gasteiger partial charge >= 0.3 is 0 Å². The summed E-state index contributed by atoms with van der Waals surface area (Å²) in [5.41, 5.74) is 19.8. The van der Waals surface area contributed by atoms with Crippen molar-refractivity contribution >= 4 is 17.1 Å². The average Bonchev–Trinajstić information content (AvgIpc) is 2.24. The number of unbranched alkanes of at least 4 members (excludes halogenated alkanes) is 2. The van der Waals surface area contributed by atoms with Crippen molar-refractivity contribution < 1.29 is 5.11 Å². The standard InChI is InChI=1S/C11H19N3O/c12-9-6-5-8(10(13)11(9)14)4-2-1-3-7-15/h5-6,15H,1-4,7,12-14H2. The van der Waals surface area contributed by atoms with Crippen LogP contribution in [0.4, 0.5) is 17.1 Å². The molecule has 0 aliphatic carbocycles. The van der Waals surface area contributed by atoms with Crippen molar-refractivity contribution in [2.24, 2.45) is 0 Å². The molecule has 15 heavy (non-hydrogen) atoms. The summed E-state index contributed by atoms with van der Waals surface area (Å²) in [5, 5.41) is 8.64. The molecule has 4 nitrogen and oxygen atoms in total. The maximum Gasteiger partial charge on any atom is 0.0784 e. The van der Waals surface area contributed by atoms with Gasteiger partial charge in [-0.05, 0) is 30.9 Å². The van der Waals surface area contributed by atoms with Crippen LogP contribution in [0.15, 0.2) is 12.1 Å². The van der Waals surface area contributed by atoms with Crippen molar-refractivity contribution in [3.05, 3.63) is 17.7 Å². The van der Waals surface area contributed by atoms with Crippen molar-refractivity contribution in [2.45, 2.75) is 25.7 Å². The molecule has 0 saturated carbocycles. The van der Waals surface area contributed by atoms with Gasteiger partial charge in [0.25, 0.3) is 0 Å². The molecule has 0 aliphatic heterocycles. The Kier molecular flexibility index (Phi) is 4.24. The summed E-state index contributed by atoms with van der Waals surface area (Å²) in [6.07, 6.45) is 3.73. The van der Waals surface area contributed by atoms with Crippen LogP contribution in [0.2, 0.25) is 0 Å². The number of hydrogen-bond donors (Lipinski definition) is 4. The van der Waals surface area contributed by atoms with Gasteiger partial charge in [-0.1, -0.05) is 12.5 Å². The Labute approximate surface area is 90.1 Å². The molecule has 4 heteroatoms. The van der Waals surface area contributed by atoms with Gasteiger partial charge in [-0.25, -0.2) is 0 Å². The fourth-order valence-corrected chi connectivity index (χ4v) is 1.52. The van der Waals surface area contributed by atoms with Crippen LogP contribution in [-0.4, -0.2) is 11.7 Å². The van der Waals surface area contributed by atoms with Crippen LogP contribution in [0.1, 0.15) is 24.8 Å². The highest BCUT2D eigenvalue weighted by Gasteiger charge is 2.05. The number of aryl methyl sites for hydroxylation is 1. The molecule has 0 atom stereocenters. The molecule has 0 amide bonds. The van der Waals surface area contributed by atoms with Gasteiger partial charge in [0.2, 0.25) is 0 Å². The molecule has 0 saturated heterocycles. The molecule has 1 rings (SSSR count). The molecule has 0 spiro atoms. The van der Waals surface area contributed by atoms with Crippen LogP contribution in [0.25, 0.3) is 0 Å². The fourth-order valence-electron chi connectivity index (χ4n) is 1.52. The highest BCUT2D eigenvalue weighted by molar-refractivity contribution is 5.79. The normalized spacial score (nSPS) is 10.5. The first kappa shape index (κ1) is 11.7. The smallest absolute Gasteiger partial charge is 0.0784 e. The van der Waals surface area contributed by atoms with Crippen molar-refractivity contribution in [2.75, 3.05) is 23.8 Å². The Morgan fingerprint density at radius 3 is 2.33 bits per heavy atom. The topological polar surface area (TPSA) is 98.3 Å². The zero-order valence-electron chi connectivity index (χ0n) is 8.87. The lowest BCUT2D eigenvalue weighted by Gasteiger charge is -2.10. The third-order valence-electron chi connectivity index (χ3n) is 2.52. The van der Waals surface area contributed by atoms with Crippen LogP contribution in [0.5, 0.6) is 0 Å². The van der Waals surface area contributed by atoms with E-state index in [2.05, 4.69) is 0 Å². The van der Waals surface area contributed by atoms with Gasteiger partial charge in [0.15, 0.2) is 0 Å². The number of aliphatic hydroxyl groups is 1. The monoisotopic (exact) mass is 209 g/mol. The first-order chi connectivity index (χ1) is 7.16. The lowest BCUT2D eigenvalue weighted by molar-refractivity contribution is 0.283. The number of anilines is 3. The van der Waals surface area contributed by atoms with Crippen molar-refractivity contribution in [1.82, 2.24) is 0 Å². The van der Waals surface area contributed by atoms with Crippen LogP contribution in [0, 0.1) is 0 Å². The summed E-state index contributed by atoms with van der Waals surface area (Å²) in [7, 11) is 0. The zero-order valence-corrected chi connectivity index (χ0v) is 8.87. The molecule has 0 heterocycles. The molecular formula is C11H19N3O. The Morgan fingerprint density at radius 1 is 0.933 bits per heavy atom. The maximum atomic E-state index is 8.64. The SMILES string of the molecule is Nc1ccc(CCCCCO)c(N)c1N. The number of benzene rings is 1. The minimum absolute atomic E-state index is 0.249. The van der Waals surface area contributed by atoms with E-state index < -0.39 is 0 Å². The highest BCUT2D eigenvalue weighted by Crippen LogP contribution is 2.27. The van der Waals surface area contributed by atoms with E-state index in [1.54, 1.807) is 6.07 Å². The van der Waals surface area contributed by atoms with Gasteiger partial charge in [0, 0.05) is 6.61 Å². The second-order valence-electron chi connectivity index (χ2n) is 3.68. The molecule has 0 aliphatic rings. The van der Waals surface area contributed by atoms with Crippen molar-refractivity contribution in [3.8, 4) is 0 Å². The van der Waals surface area contributed by atoms with E-state index in [0.29, 0.717) is 17.1 Å². The molecule has 7 N–H and O–H groups in total. The van der Waals surface area contributed by atoms with Gasteiger partial charge in [-0.15, -0.1) is 0 Å². The minimum atomic E-state index is 0.249. The Balaban J connectivity index is 2.58. The van der Waals surface area contributed by atoms with E-state index in [1.165, 1.54) is 0 Å². The minimum Gasteiger partial charge on any atom is -0.397 e. The zero-order chi connectivity index (χ0) is 11.3. The molecule has 0 aromatic heterocycles. The first-order valence-electron chi connectivity index (χ1n) is 5.20. The molecule has 1 aromatic rings. The summed E-state index contributed by atoms with van der Waals surface area (Å²) in [6, 6.07) is 3.70. The third-order valence-corrected chi connectivity index (χ3v) is 2.52. The number of nitrogen functional groups attached to an aromatic ring is 3. The summed E-state index contributed by atoms with van der Waals surface area (Å²) < 4.78 is 0. The predicted octanol–water partition coefficient (Wildman–Crippen LogP) is 1.14. The van der Waals surface area contributed by atoms with Gasteiger partial charge in [-0.2, -0.15) is 0 Å². The average molecular weight is 209 g/mol. The second-order valence-corrected chi connectivity index (χ2v) is 3.68. The van der Waals surface area contributed by atoms with E-state index in [9.17, 15) is 0 Å². The van der Waals surface area contributed by atoms with Crippen LogP contribution in [-0.2, 0) is 6.42 Å². The van der Waals surface area contributed by atoms with E-state index in [-0.39, 0.29) is 6.61 Å². The fraction of sp³-hybridized carbons (Fsp3) is 0.455. The summed E-state index contributed by atoms with van der Waals surface area (Å²) in [5.74, 6) is 0. The Hall–Kier alpha value is -1.42. The number of nitrogens with two attached hydrogens (primary N) is 3. The molecule has 0 fully saturated rings. The van der Waals surface area contributed by atoms with E-state index in [0.717, 1.165) is 31.2 Å². The van der Waals surface area contributed by atoms with Crippen LogP contribution >= 0.6 is 0 Å². The number of hydrogen-bond acceptors (Lipinski definition) is 4. The molecule has 0 unspecified atom stereocenters. The third kappa shape index (κ3) is 3.02. The second kappa shape index (κ2) is 5.46. The largest absolute Gasteiger partial charge is 0.397 e. The van der Waals surface area contributed by atoms with Crippen molar-refractivity contribution in [1.29, 1.82) is 0 Å². The van der Waals surface area contributed by atoms with Gasteiger partial charge < -0.3 is 22.3 Å². The van der Waals surface area contributed by atoms with Crippen LogP contribution in [0.3, 0.4) is 0 Å². The van der Waals surface area contributed by atoms with E-state index in [1.807, 2.05) is 6.07 Å². The van der Waals surface area contributed by atoms with Gasteiger partial charge in [-0.3, -0.25) is 0 Å². The summed E-state index contributed by atoms with van der Waals surface area (Å²) >= 11 is 0. The molecule has 0 radical (unpaired) electrons. The Bertz CT molecular complexity index is 326. The maximum absolute atomic E-state index is 8.64. The van der Waals surface area contributed by atoms with E-state index in [4.69, 9.17) is 22.3 Å². The number of aliphatic hydroxyl groups excluding tert-OH is 1. The van der Waals surface area contributed by atoms with Crippen molar-refractivity contribution in [3.63, 3.8) is 0 Å². The first-order valence-corrected chi connectivity index (χ1v) is 5.20. The summed E-state index contributed by atoms with van der Waals surface area (Å²) in [4.78, 5) is 0. The number of rotatable bonds is 5. The Morgan fingerprint density at radius 2 is 1.67 bits per heavy atom. The predicted molar refractivity (Wildman–Crippen MR) is 64.3 cm³/mol. The van der Waals surface area contributed by atoms with Gasteiger partial charge in [0.05, 0.1) is 17.1 Å². The molecule has 84 valence electrons. The lowest BCUT2D eigenvalue weighted by Crippen LogP contribution is -2.03. The lowest BCUT2D eigenvalue weighted by atomic mass is 10.0. The van der Waals surface area contributed by atoms with Crippen LogP contribution < -0.4 is 17.2 Å². The van der Waals surface area contributed by atoms with E-state index >= 15 is 0 Å². The quantitative estimate of drug-likeness (QED) is 0.431. The highest BCUT2D eigenvalue weighted by atomic mass is 16.2. The summed E-state index contributed by atoms with van der Waals surface area (Å²) in [6.45, 7) is 0.249. The molecule has 1 aromatic carbocycles. The van der Waals surface area contributed by atoms with Gasteiger partial charge in [0.1, 0.15) is 0 Å². The molecular weight excluding hydrogens is 190 g/mol. The molecule has 0 bridgehead atoms.